The van der Waals surface area contributed by atoms with Crippen molar-refractivity contribution < 1.29 is 19.4 Å². The molecular formula is C23H36O4. The van der Waals surface area contributed by atoms with Crippen LogP contribution in [-0.4, -0.2) is 30.1 Å². The second-order valence-electron chi connectivity index (χ2n) is 10.6. The lowest BCUT2D eigenvalue weighted by Crippen LogP contribution is -2.58. The third-order valence-electron chi connectivity index (χ3n) is 9.57. The standard InChI is InChI=1S/C23H36O4/c1-13(21(26)27-4)17-7-8-18-16-6-5-14-11-15(24)9-10-22(14,2)20(16)19(25)12-23(17,18)3/h13-18,20,24H,5-12H2,1-4H3/t13-,14?,15+,16?,17?,18?,20?,22?,23?/m0/s1. The first kappa shape index (κ1) is 19.4. The van der Waals surface area contributed by atoms with E-state index >= 15 is 0 Å². The highest BCUT2D eigenvalue weighted by Gasteiger charge is 2.64. The molecule has 4 heteroatoms. The number of ether oxygens (including phenoxy) is 1. The monoisotopic (exact) mass is 376 g/mol. The van der Waals surface area contributed by atoms with E-state index in [1.54, 1.807) is 0 Å². The SMILES string of the molecule is COC(=O)[C@@H](C)C1CCC2C3CCC4C[C@H](O)CCC4(C)C3C(=O)CC21C. The molecule has 0 saturated heterocycles. The van der Waals surface area contributed by atoms with Gasteiger partial charge < -0.3 is 9.84 Å². The first-order valence-corrected chi connectivity index (χ1v) is 11.0. The number of carbonyl (C=O) groups excluding carboxylic acids is 2. The zero-order valence-corrected chi connectivity index (χ0v) is 17.4. The minimum atomic E-state index is -0.180. The molecule has 0 heterocycles. The molecule has 0 radical (unpaired) electrons. The van der Waals surface area contributed by atoms with Gasteiger partial charge in [-0.3, -0.25) is 9.59 Å². The summed E-state index contributed by atoms with van der Waals surface area (Å²) in [4.78, 5) is 25.8. The van der Waals surface area contributed by atoms with Crippen molar-refractivity contribution in [1.82, 2.24) is 0 Å². The molecule has 7 unspecified atom stereocenters. The molecule has 0 aliphatic heterocycles. The molecule has 4 nitrogen and oxygen atoms in total. The van der Waals surface area contributed by atoms with Gasteiger partial charge in [-0.1, -0.05) is 20.8 Å². The summed E-state index contributed by atoms with van der Waals surface area (Å²) in [6, 6.07) is 0. The molecule has 9 atom stereocenters. The van der Waals surface area contributed by atoms with Crippen molar-refractivity contribution in [3.8, 4) is 0 Å². The number of hydrogen-bond donors (Lipinski definition) is 1. The molecule has 0 spiro atoms. The lowest BCUT2D eigenvalue weighted by Gasteiger charge is -2.60. The molecule has 4 aliphatic carbocycles. The Labute approximate surface area is 163 Å². The van der Waals surface area contributed by atoms with Crippen LogP contribution in [0.1, 0.15) is 72.1 Å². The van der Waals surface area contributed by atoms with Gasteiger partial charge in [0.05, 0.1) is 19.1 Å². The Hall–Kier alpha value is -0.900. The number of Topliss-reactive ketones (excluding diaryl/α,β-unsaturated/α-hetero) is 1. The lowest BCUT2D eigenvalue weighted by atomic mass is 9.44. The van der Waals surface area contributed by atoms with Crippen LogP contribution in [0.25, 0.3) is 0 Å². The fraction of sp³-hybridized carbons (Fsp3) is 0.913. The molecule has 4 fully saturated rings. The van der Waals surface area contributed by atoms with E-state index in [1.807, 2.05) is 6.92 Å². The normalized spacial score (nSPS) is 50.3. The van der Waals surface area contributed by atoms with Gasteiger partial charge in [0.1, 0.15) is 5.78 Å². The number of methoxy groups -OCH3 is 1. The summed E-state index contributed by atoms with van der Waals surface area (Å²) in [6.45, 7) is 6.60. The summed E-state index contributed by atoms with van der Waals surface area (Å²) >= 11 is 0. The number of rotatable bonds is 2. The number of aliphatic hydroxyl groups excluding tert-OH is 1. The van der Waals surface area contributed by atoms with Crippen LogP contribution in [0.2, 0.25) is 0 Å². The molecule has 4 aliphatic rings. The van der Waals surface area contributed by atoms with Crippen LogP contribution in [0.3, 0.4) is 0 Å². The van der Waals surface area contributed by atoms with Crippen molar-refractivity contribution in [2.45, 2.75) is 78.2 Å². The highest BCUT2D eigenvalue weighted by atomic mass is 16.5. The highest BCUT2D eigenvalue weighted by Crippen LogP contribution is 2.67. The van der Waals surface area contributed by atoms with E-state index in [0.717, 1.165) is 44.9 Å². The molecule has 0 amide bonds. The number of esters is 1. The van der Waals surface area contributed by atoms with Crippen molar-refractivity contribution in [1.29, 1.82) is 0 Å². The maximum Gasteiger partial charge on any atom is 0.308 e. The Morgan fingerprint density at radius 2 is 1.89 bits per heavy atom. The molecule has 1 N–H and O–H groups in total. The third-order valence-corrected chi connectivity index (χ3v) is 9.57. The van der Waals surface area contributed by atoms with Crippen LogP contribution in [0, 0.1) is 46.3 Å². The van der Waals surface area contributed by atoms with E-state index in [2.05, 4.69) is 13.8 Å². The van der Waals surface area contributed by atoms with Crippen molar-refractivity contribution in [2.24, 2.45) is 46.3 Å². The molecule has 0 aromatic rings. The predicted octanol–water partition coefficient (Wildman–Crippen LogP) is 3.99. The summed E-state index contributed by atoms with van der Waals surface area (Å²) in [5.74, 6) is 2.07. The van der Waals surface area contributed by atoms with Crippen LogP contribution in [-0.2, 0) is 14.3 Å². The highest BCUT2D eigenvalue weighted by molar-refractivity contribution is 5.84. The first-order chi connectivity index (χ1) is 12.7. The van der Waals surface area contributed by atoms with Crippen molar-refractivity contribution in [2.75, 3.05) is 7.11 Å². The van der Waals surface area contributed by atoms with Crippen molar-refractivity contribution in [3.63, 3.8) is 0 Å². The van der Waals surface area contributed by atoms with Crippen LogP contribution in [0.4, 0.5) is 0 Å². The van der Waals surface area contributed by atoms with Crippen LogP contribution >= 0.6 is 0 Å². The Morgan fingerprint density at radius 3 is 2.59 bits per heavy atom. The van der Waals surface area contributed by atoms with E-state index in [1.165, 1.54) is 7.11 Å². The van der Waals surface area contributed by atoms with Gasteiger partial charge in [0.2, 0.25) is 0 Å². The summed E-state index contributed by atoms with van der Waals surface area (Å²) in [5, 5.41) is 10.2. The van der Waals surface area contributed by atoms with E-state index in [0.29, 0.717) is 30.0 Å². The fourth-order valence-corrected chi connectivity index (χ4v) is 8.26. The number of ketones is 1. The zero-order valence-electron chi connectivity index (χ0n) is 17.4. The van der Waals surface area contributed by atoms with Gasteiger partial charge in [-0.25, -0.2) is 0 Å². The van der Waals surface area contributed by atoms with E-state index in [-0.39, 0.29) is 40.7 Å². The molecule has 152 valence electrons. The van der Waals surface area contributed by atoms with Gasteiger partial charge in [0.25, 0.3) is 0 Å². The molecule has 0 aromatic carbocycles. The number of aliphatic hydroxyl groups is 1. The van der Waals surface area contributed by atoms with Crippen LogP contribution in [0.5, 0.6) is 0 Å². The lowest BCUT2D eigenvalue weighted by molar-refractivity contribution is -0.165. The minimum Gasteiger partial charge on any atom is -0.469 e. The average Bonchev–Trinajstić information content (AvgIpc) is 2.97. The molecule has 27 heavy (non-hydrogen) atoms. The largest absolute Gasteiger partial charge is 0.469 e. The molecule has 0 aromatic heterocycles. The van der Waals surface area contributed by atoms with E-state index < -0.39 is 0 Å². The number of fused-ring (bicyclic) bond motifs is 5. The summed E-state index contributed by atoms with van der Waals surface area (Å²) < 4.78 is 5.03. The molecule has 4 saturated carbocycles. The van der Waals surface area contributed by atoms with Crippen LogP contribution < -0.4 is 0 Å². The van der Waals surface area contributed by atoms with E-state index in [4.69, 9.17) is 4.74 Å². The number of carbonyl (C=O) groups is 2. The van der Waals surface area contributed by atoms with Gasteiger partial charge in [0, 0.05) is 12.3 Å². The smallest absolute Gasteiger partial charge is 0.308 e. The van der Waals surface area contributed by atoms with Crippen molar-refractivity contribution >= 4 is 11.8 Å². The zero-order chi connectivity index (χ0) is 19.6. The van der Waals surface area contributed by atoms with E-state index in [9.17, 15) is 14.7 Å². The van der Waals surface area contributed by atoms with Crippen LogP contribution in [0.15, 0.2) is 0 Å². The predicted molar refractivity (Wildman–Crippen MR) is 103 cm³/mol. The molecular weight excluding hydrogens is 340 g/mol. The third kappa shape index (κ3) is 2.73. The Morgan fingerprint density at radius 1 is 1.15 bits per heavy atom. The Balaban J connectivity index is 1.63. The quantitative estimate of drug-likeness (QED) is 0.740. The average molecular weight is 377 g/mol. The Kier molecular flexibility index (Phi) is 4.73. The maximum absolute atomic E-state index is 13.5. The second kappa shape index (κ2) is 6.57. The van der Waals surface area contributed by atoms with Gasteiger partial charge in [-0.05, 0) is 79.4 Å². The number of hydrogen-bond acceptors (Lipinski definition) is 4. The van der Waals surface area contributed by atoms with Gasteiger partial charge >= 0.3 is 5.97 Å². The summed E-state index contributed by atoms with van der Waals surface area (Å²) in [5.41, 5.74) is -0.00412. The molecule has 0 bridgehead atoms. The van der Waals surface area contributed by atoms with Gasteiger partial charge in [-0.2, -0.15) is 0 Å². The summed E-state index contributed by atoms with van der Waals surface area (Å²) in [6.07, 6.45) is 7.57. The summed E-state index contributed by atoms with van der Waals surface area (Å²) in [7, 11) is 1.47. The maximum atomic E-state index is 13.5. The van der Waals surface area contributed by atoms with Gasteiger partial charge in [0.15, 0.2) is 0 Å². The topological polar surface area (TPSA) is 63.6 Å². The molecule has 4 rings (SSSR count). The van der Waals surface area contributed by atoms with Gasteiger partial charge in [-0.15, -0.1) is 0 Å². The second-order valence-corrected chi connectivity index (χ2v) is 10.6. The first-order valence-electron chi connectivity index (χ1n) is 11.0. The van der Waals surface area contributed by atoms with Crippen molar-refractivity contribution in [3.05, 3.63) is 0 Å². The minimum absolute atomic E-state index is 0.0621. The Bertz CT molecular complexity index is 630. The fourth-order valence-electron chi connectivity index (χ4n) is 8.26.